The van der Waals surface area contributed by atoms with Gasteiger partial charge < -0.3 is 10.1 Å². The molecule has 2 fully saturated rings. The Labute approximate surface area is 120 Å². The summed E-state index contributed by atoms with van der Waals surface area (Å²) >= 11 is 0. The van der Waals surface area contributed by atoms with Gasteiger partial charge in [-0.1, -0.05) is 20.8 Å². The predicted octanol–water partition coefficient (Wildman–Crippen LogP) is 3.50. The number of fused-ring (bicyclic) bond motifs is 2. The molecule has 108 valence electrons. The number of rotatable bonds is 3. The maximum atomic E-state index is 12.7. The summed E-state index contributed by atoms with van der Waals surface area (Å²) in [6.45, 7) is 6.64. The fraction of sp³-hybridized carbons (Fsp3) is 0.588. The van der Waals surface area contributed by atoms with Gasteiger partial charge in [-0.05, 0) is 48.4 Å². The summed E-state index contributed by atoms with van der Waals surface area (Å²) in [5.41, 5.74) is 0.923. The molecule has 0 spiro atoms. The van der Waals surface area contributed by atoms with Crippen LogP contribution in [0.25, 0.3) is 0 Å². The monoisotopic (exact) mass is 273 g/mol. The molecule has 0 radical (unpaired) electrons. The fourth-order valence-corrected chi connectivity index (χ4v) is 4.12. The SMILES string of the molecule is COc1ccc(N[C@H]2C(=O)[C@@]3(C)CC[C@@H]2C3(C)C)cc1. The second-order valence-electron chi connectivity index (χ2n) is 6.91. The highest BCUT2D eigenvalue weighted by Gasteiger charge is 2.66. The number of nitrogens with one attached hydrogen (secondary N) is 1. The Hall–Kier alpha value is -1.51. The molecule has 3 heteroatoms. The maximum Gasteiger partial charge on any atom is 0.161 e. The van der Waals surface area contributed by atoms with E-state index in [1.54, 1.807) is 7.11 Å². The highest BCUT2D eigenvalue weighted by Crippen LogP contribution is 2.63. The zero-order valence-electron chi connectivity index (χ0n) is 12.7. The minimum atomic E-state index is -0.165. The summed E-state index contributed by atoms with van der Waals surface area (Å²) in [5, 5.41) is 3.45. The van der Waals surface area contributed by atoms with E-state index in [0.29, 0.717) is 11.7 Å². The molecule has 0 saturated heterocycles. The summed E-state index contributed by atoms with van der Waals surface area (Å²) in [7, 11) is 1.66. The van der Waals surface area contributed by atoms with Gasteiger partial charge in [0, 0.05) is 11.1 Å². The molecule has 1 aromatic carbocycles. The average Bonchev–Trinajstić information content (AvgIpc) is 2.74. The Kier molecular flexibility index (Phi) is 2.86. The lowest BCUT2D eigenvalue weighted by Crippen LogP contribution is -2.38. The van der Waals surface area contributed by atoms with E-state index in [-0.39, 0.29) is 16.9 Å². The lowest BCUT2D eigenvalue weighted by molar-refractivity contribution is -0.128. The van der Waals surface area contributed by atoms with E-state index < -0.39 is 0 Å². The largest absolute Gasteiger partial charge is 0.497 e. The zero-order valence-corrected chi connectivity index (χ0v) is 12.7. The number of ether oxygens (including phenoxy) is 1. The summed E-state index contributed by atoms with van der Waals surface area (Å²) in [6, 6.07) is 7.76. The van der Waals surface area contributed by atoms with Gasteiger partial charge in [-0.2, -0.15) is 0 Å². The number of carbonyl (C=O) groups is 1. The Morgan fingerprint density at radius 2 is 1.85 bits per heavy atom. The molecular formula is C17H23NO2. The quantitative estimate of drug-likeness (QED) is 0.916. The van der Waals surface area contributed by atoms with Crippen molar-refractivity contribution in [1.82, 2.24) is 0 Å². The van der Waals surface area contributed by atoms with Gasteiger partial charge >= 0.3 is 0 Å². The Morgan fingerprint density at radius 1 is 1.20 bits per heavy atom. The smallest absolute Gasteiger partial charge is 0.161 e. The molecule has 1 N–H and O–H groups in total. The van der Waals surface area contributed by atoms with Crippen LogP contribution < -0.4 is 10.1 Å². The second kappa shape index (κ2) is 4.24. The molecule has 20 heavy (non-hydrogen) atoms. The van der Waals surface area contributed by atoms with Gasteiger partial charge in [-0.15, -0.1) is 0 Å². The van der Waals surface area contributed by atoms with Crippen molar-refractivity contribution in [3.05, 3.63) is 24.3 Å². The Bertz CT molecular complexity index is 534. The number of hydrogen-bond donors (Lipinski definition) is 1. The minimum Gasteiger partial charge on any atom is -0.497 e. The first kappa shape index (κ1) is 13.5. The molecule has 0 amide bonds. The van der Waals surface area contributed by atoms with Crippen LogP contribution >= 0.6 is 0 Å². The van der Waals surface area contributed by atoms with Crippen LogP contribution in [0.5, 0.6) is 5.75 Å². The lowest BCUT2D eigenvalue weighted by Gasteiger charge is -2.32. The molecule has 0 heterocycles. The number of ketones is 1. The van der Waals surface area contributed by atoms with Crippen LogP contribution in [0.4, 0.5) is 5.69 Å². The molecule has 2 saturated carbocycles. The van der Waals surface area contributed by atoms with Gasteiger partial charge in [0.05, 0.1) is 13.2 Å². The number of anilines is 1. The van der Waals surface area contributed by atoms with E-state index in [1.807, 2.05) is 24.3 Å². The number of benzene rings is 1. The molecule has 0 aliphatic heterocycles. The summed E-state index contributed by atoms with van der Waals surface area (Å²) < 4.78 is 5.16. The van der Waals surface area contributed by atoms with Crippen LogP contribution in [-0.2, 0) is 4.79 Å². The molecule has 0 aromatic heterocycles. The van der Waals surface area contributed by atoms with Crippen LogP contribution in [0.1, 0.15) is 33.6 Å². The highest BCUT2D eigenvalue weighted by atomic mass is 16.5. The first-order chi connectivity index (χ1) is 9.40. The third-order valence-electron chi connectivity index (χ3n) is 5.95. The number of methoxy groups -OCH3 is 1. The van der Waals surface area contributed by atoms with Crippen LogP contribution in [-0.4, -0.2) is 18.9 Å². The van der Waals surface area contributed by atoms with Crippen molar-refractivity contribution in [3.63, 3.8) is 0 Å². The highest BCUT2D eigenvalue weighted by molar-refractivity contribution is 5.96. The number of carbonyl (C=O) groups excluding carboxylic acids is 1. The first-order valence-corrected chi connectivity index (χ1v) is 7.35. The van der Waals surface area contributed by atoms with E-state index in [4.69, 9.17) is 4.74 Å². The molecule has 0 unspecified atom stereocenters. The van der Waals surface area contributed by atoms with Crippen molar-refractivity contribution in [1.29, 1.82) is 0 Å². The standard InChI is InChI=1S/C17H23NO2/c1-16(2)13-9-10-17(16,3)15(19)14(13)18-11-5-7-12(20-4)8-6-11/h5-8,13-14,18H,9-10H2,1-4H3/t13-,14+,17+/m0/s1. The lowest BCUT2D eigenvalue weighted by atomic mass is 9.70. The third kappa shape index (κ3) is 1.62. The van der Waals surface area contributed by atoms with E-state index in [2.05, 4.69) is 26.1 Å². The van der Waals surface area contributed by atoms with Crippen molar-refractivity contribution in [3.8, 4) is 5.75 Å². The van der Waals surface area contributed by atoms with E-state index in [9.17, 15) is 4.79 Å². The molecular weight excluding hydrogens is 250 g/mol. The van der Waals surface area contributed by atoms with Crippen molar-refractivity contribution in [2.45, 2.75) is 39.7 Å². The van der Waals surface area contributed by atoms with Crippen molar-refractivity contribution < 1.29 is 9.53 Å². The van der Waals surface area contributed by atoms with Gasteiger partial charge in [0.15, 0.2) is 5.78 Å². The van der Waals surface area contributed by atoms with Crippen molar-refractivity contribution in [2.75, 3.05) is 12.4 Å². The van der Waals surface area contributed by atoms with Gasteiger partial charge in [-0.25, -0.2) is 0 Å². The fourth-order valence-electron chi connectivity index (χ4n) is 4.12. The average molecular weight is 273 g/mol. The second-order valence-corrected chi connectivity index (χ2v) is 6.91. The van der Waals surface area contributed by atoms with Crippen LogP contribution in [0.2, 0.25) is 0 Å². The molecule has 3 nitrogen and oxygen atoms in total. The van der Waals surface area contributed by atoms with Gasteiger partial charge in [0.1, 0.15) is 5.75 Å². The maximum absolute atomic E-state index is 12.7. The summed E-state index contributed by atoms with van der Waals surface area (Å²) in [6.07, 6.45) is 2.17. The molecule has 3 atom stereocenters. The minimum absolute atomic E-state index is 0.0443. The Balaban J connectivity index is 1.83. The van der Waals surface area contributed by atoms with E-state index >= 15 is 0 Å². The van der Waals surface area contributed by atoms with Crippen molar-refractivity contribution >= 4 is 11.5 Å². The molecule has 3 rings (SSSR count). The van der Waals surface area contributed by atoms with Gasteiger partial charge in [0.2, 0.25) is 0 Å². The normalized spacial score (nSPS) is 34.3. The molecule has 2 aliphatic carbocycles. The van der Waals surface area contributed by atoms with Crippen molar-refractivity contribution in [2.24, 2.45) is 16.7 Å². The van der Waals surface area contributed by atoms with E-state index in [0.717, 1.165) is 24.3 Å². The van der Waals surface area contributed by atoms with Crippen LogP contribution in [0.3, 0.4) is 0 Å². The van der Waals surface area contributed by atoms with Crippen LogP contribution in [0.15, 0.2) is 24.3 Å². The topological polar surface area (TPSA) is 38.3 Å². The van der Waals surface area contributed by atoms with E-state index in [1.165, 1.54) is 0 Å². The zero-order chi connectivity index (χ0) is 14.5. The third-order valence-corrected chi connectivity index (χ3v) is 5.95. The molecule has 1 aromatic rings. The first-order valence-electron chi connectivity index (χ1n) is 7.35. The summed E-state index contributed by atoms with van der Waals surface area (Å²) in [4.78, 5) is 12.7. The molecule has 2 bridgehead atoms. The van der Waals surface area contributed by atoms with Gasteiger partial charge in [-0.3, -0.25) is 4.79 Å². The predicted molar refractivity (Wildman–Crippen MR) is 80.0 cm³/mol. The molecule has 2 aliphatic rings. The van der Waals surface area contributed by atoms with Crippen LogP contribution in [0, 0.1) is 16.7 Å². The number of Topliss-reactive ketones (excluding diaryl/α,β-unsaturated/α-hetero) is 1. The number of hydrogen-bond acceptors (Lipinski definition) is 3. The van der Waals surface area contributed by atoms with Gasteiger partial charge in [0.25, 0.3) is 0 Å². The summed E-state index contributed by atoms with van der Waals surface area (Å²) in [5.74, 6) is 1.65. The Morgan fingerprint density at radius 3 is 2.35 bits per heavy atom.